The Bertz CT molecular complexity index is 620. The molecule has 1 aromatic carbocycles. The van der Waals surface area contributed by atoms with Crippen molar-refractivity contribution in [3.63, 3.8) is 0 Å². The van der Waals surface area contributed by atoms with Crippen LogP contribution in [0.2, 0.25) is 0 Å². The van der Waals surface area contributed by atoms with Crippen LogP contribution in [0.25, 0.3) is 0 Å². The van der Waals surface area contributed by atoms with Gasteiger partial charge in [0.2, 0.25) is 5.91 Å². The van der Waals surface area contributed by atoms with Gasteiger partial charge in [-0.25, -0.2) is 4.39 Å². The number of nitrogens with one attached hydrogen (secondary N) is 1. The van der Waals surface area contributed by atoms with Gasteiger partial charge in [0.15, 0.2) is 0 Å². The lowest BCUT2D eigenvalue weighted by atomic mass is 9.95. The molecule has 0 aliphatic heterocycles. The number of aliphatic hydroxyl groups is 1. The monoisotopic (exact) mass is 305 g/mol. The Morgan fingerprint density at radius 1 is 1.33 bits per heavy atom. The predicted molar refractivity (Wildman–Crippen MR) is 79.6 cm³/mol. The number of hydrogen-bond donors (Lipinski definition) is 2. The molecule has 1 aliphatic carbocycles. The van der Waals surface area contributed by atoms with E-state index in [1.165, 1.54) is 23.5 Å². The maximum Gasteiger partial charge on any atom is 0.230 e. The van der Waals surface area contributed by atoms with Crippen LogP contribution in [-0.4, -0.2) is 17.6 Å². The largest absolute Gasteiger partial charge is 0.386 e. The van der Waals surface area contributed by atoms with Crippen molar-refractivity contribution in [2.75, 3.05) is 6.54 Å². The smallest absolute Gasteiger partial charge is 0.230 e. The standard InChI is InChI=1S/C16H16FNO2S/c17-12-5-3-11(4-6-12)16(7-8-16)15(20)18-10-13(19)14-2-1-9-21-14/h1-6,9,13,19H,7-8,10H2,(H,18,20)/t13-/m0/s1. The van der Waals surface area contributed by atoms with E-state index in [4.69, 9.17) is 0 Å². The predicted octanol–water partition coefficient (Wildman–Crippen LogP) is 2.77. The number of halogens is 1. The molecular weight excluding hydrogens is 289 g/mol. The second kappa shape index (κ2) is 5.58. The summed E-state index contributed by atoms with van der Waals surface area (Å²) in [5, 5.41) is 14.7. The number of hydrogen-bond acceptors (Lipinski definition) is 3. The Morgan fingerprint density at radius 2 is 2.05 bits per heavy atom. The molecule has 1 atom stereocenters. The molecule has 0 saturated heterocycles. The van der Waals surface area contributed by atoms with Crippen LogP contribution in [0.1, 0.15) is 29.4 Å². The fraction of sp³-hybridized carbons (Fsp3) is 0.312. The lowest BCUT2D eigenvalue weighted by Gasteiger charge is -2.17. The number of carbonyl (C=O) groups is 1. The second-order valence-electron chi connectivity index (χ2n) is 5.33. The normalized spacial score (nSPS) is 17.2. The van der Waals surface area contributed by atoms with Crippen LogP contribution in [0, 0.1) is 5.82 Å². The summed E-state index contributed by atoms with van der Waals surface area (Å²) in [6.45, 7) is 0.197. The molecule has 1 saturated carbocycles. The Morgan fingerprint density at radius 3 is 2.62 bits per heavy atom. The van der Waals surface area contributed by atoms with Crippen LogP contribution in [0.15, 0.2) is 41.8 Å². The molecule has 1 amide bonds. The third-order valence-corrected chi connectivity index (χ3v) is 4.88. The zero-order valence-corrected chi connectivity index (χ0v) is 12.2. The van der Waals surface area contributed by atoms with E-state index < -0.39 is 11.5 Å². The summed E-state index contributed by atoms with van der Waals surface area (Å²) in [7, 11) is 0. The average Bonchev–Trinajstić information content (AvgIpc) is 3.11. The van der Waals surface area contributed by atoms with Crippen LogP contribution in [0.3, 0.4) is 0 Å². The fourth-order valence-corrected chi connectivity index (χ4v) is 3.19. The van der Waals surface area contributed by atoms with Gasteiger partial charge in [-0.2, -0.15) is 0 Å². The van der Waals surface area contributed by atoms with Crippen molar-refractivity contribution in [3.8, 4) is 0 Å². The molecule has 0 radical (unpaired) electrons. The van der Waals surface area contributed by atoms with Crippen molar-refractivity contribution in [1.29, 1.82) is 0 Å². The van der Waals surface area contributed by atoms with E-state index in [0.29, 0.717) is 0 Å². The number of amides is 1. The third kappa shape index (κ3) is 2.84. The van der Waals surface area contributed by atoms with Crippen molar-refractivity contribution < 1.29 is 14.3 Å². The molecule has 21 heavy (non-hydrogen) atoms. The number of benzene rings is 1. The second-order valence-corrected chi connectivity index (χ2v) is 6.31. The van der Waals surface area contributed by atoms with E-state index in [9.17, 15) is 14.3 Å². The van der Waals surface area contributed by atoms with Gasteiger partial charge in [0.05, 0.1) is 5.41 Å². The SMILES string of the molecule is O=C(NC[C@H](O)c1cccs1)C1(c2ccc(F)cc2)CC1. The molecule has 1 heterocycles. The molecule has 0 unspecified atom stereocenters. The van der Waals surface area contributed by atoms with Crippen LogP contribution in [0.5, 0.6) is 0 Å². The molecule has 0 bridgehead atoms. The van der Waals surface area contributed by atoms with Crippen molar-refractivity contribution >= 4 is 17.2 Å². The lowest BCUT2D eigenvalue weighted by Crippen LogP contribution is -2.37. The van der Waals surface area contributed by atoms with E-state index in [-0.39, 0.29) is 18.3 Å². The minimum atomic E-state index is -0.682. The summed E-state index contributed by atoms with van der Waals surface area (Å²) in [6.07, 6.45) is 0.844. The number of carbonyl (C=O) groups excluding carboxylic acids is 1. The van der Waals surface area contributed by atoms with Crippen LogP contribution < -0.4 is 5.32 Å². The van der Waals surface area contributed by atoms with Gasteiger partial charge in [-0.05, 0) is 42.0 Å². The summed E-state index contributed by atoms with van der Waals surface area (Å²) >= 11 is 1.46. The first-order valence-corrected chi connectivity index (χ1v) is 7.76. The van der Waals surface area contributed by atoms with E-state index in [2.05, 4.69) is 5.32 Å². The van der Waals surface area contributed by atoms with Crippen LogP contribution >= 0.6 is 11.3 Å². The molecule has 2 aromatic rings. The molecule has 110 valence electrons. The van der Waals surface area contributed by atoms with E-state index in [1.807, 2.05) is 17.5 Å². The molecule has 0 spiro atoms. The molecule has 3 nitrogen and oxygen atoms in total. The lowest BCUT2D eigenvalue weighted by molar-refractivity contribution is -0.124. The minimum Gasteiger partial charge on any atom is -0.386 e. The summed E-state index contributed by atoms with van der Waals surface area (Å²) in [5.41, 5.74) is 0.301. The quantitative estimate of drug-likeness (QED) is 0.892. The highest BCUT2D eigenvalue weighted by Crippen LogP contribution is 2.48. The highest BCUT2D eigenvalue weighted by atomic mass is 32.1. The number of aliphatic hydroxyl groups excluding tert-OH is 1. The van der Waals surface area contributed by atoms with Crippen LogP contribution in [-0.2, 0) is 10.2 Å². The summed E-state index contributed by atoms with van der Waals surface area (Å²) in [5.74, 6) is -0.396. The highest BCUT2D eigenvalue weighted by molar-refractivity contribution is 7.10. The fourth-order valence-electron chi connectivity index (χ4n) is 2.48. The van der Waals surface area contributed by atoms with Gasteiger partial charge in [-0.1, -0.05) is 18.2 Å². The van der Waals surface area contributed by atoms with E-state index in [0.717, 1.165) is 23.3 Å². The van der Waals surface area contributed by atoms with Crippen molar-refractivity contribution in [3.05, 3.63) is 58.0 Å². The minimum absolute atomic E-state index is 0.0929. The van der Waals surface area contributed by atoms with Gasteiger partial charge < -0.3 is 10.4 Å². The molecule has 1 aromatic heterocycles. The van der Waals surface area contributed by atoms with Gasteiger partial charge >= 0.3 is 0 Å². The summed E-state index contributed by atoms with van der Waals surface area (Å²) < 4.78 is 13.0. The third-order valence-electron chi connectivity index (χ3n) is 3.91. The molecule has 5 heteroatoms. The highest BCUT2D eigenvalue weighted by Gasteiger charge is 2.51. The van der Waals surface area contributed by atoms with Gasteiger partial charge in [0.25, 0.3) is 0 Å². The van der Waals surface area contributed by atoms with Crippen molar-refractivity contribution in [2.24, 2.45) is 0 Å². The first kappa shape index (κ1) is 14.2. The molecule has 1 fully saturated rings. The zero-order valence-electron chi connectivity index (χ0n) is 11.4. The first-order valence-electron chi connectivity index (χ1n) is 6.88. The van der Waals surface area contributed by atoms with Crippen molar-refractivity contribution in [2.45, 2.75) is 24.4 Å². The van der Waals surface area contributed by atoms with Crippen LogP contribution in [0.4, 0.5) is 4.39 Å². The van der Waals surface area contributed by atoms with E-state index >= 15 is 0 Å². The van der Waals surface area contributed by atoms with Gasteiger partial charge in [0, 0.05) is 11.4 Å². The number of thiophene rings is 1. The summed E-state index contributed by atoms with van der Waals surface area (Å²) in [4.78, 5) is 13.2. The Hall–Kier alpha value is -1.72. The zero-order chi connectivity index (χ0) is 14.9. The van der Waals surface area contributed by atoms with Gasteiger partial charge in [-0.15, -0.1) is 11.3 Å². The van der Waals surface area contributed by atoms with Gasteiger partial charge in [-0.3, -0.25) is 4.79 Å². The average molecular weight is 305 g/mol. The van der Waals surface area contributed by atoms with Gasteiger partial charge in [0.1, 0.15) is 11.9 Å². The Balaban J connectivity index is 1.64. The topological polar surface area (TPSA) is 49.3 Å². The maximum atomic E-state index is 13.0. The molecule has 1 aliphatic rings. The van der Waals surface area contributed by atoms with Crippen molar-refractivity contribution in [1.82, 2.24) is 5.32 Å². The first-order chi connectivity index (χ1) is 10.1. The van der Waals surface area contributed by atoms with E-state index in [1.54, 1.807) is 12.1 Å². The molecule has 2 N–H and O–H groups in total. The maximum absolute atomic E-state index is 13.0. The molecule has 3 rings (SSSR count). The Kier molecular flexibility index (Phi) is 3.78. The number of rotatable bonds is 5. The summed E-state index contributed by atoms with van der Waals surface area (Å²) in [6, 6.07) is 9.79. The molecular formula is C16H16FNO2S. The Labute approximate surface area is 126 Å².